The van der Waals surface area contributed by atoms with Gasteiger partial charge in [-0.2, -0.15) is 18.3 Å². The molecule has 4 N–H and O–H groups in total. The number of carbonyl (C=O) groups is 2. The second kappa shape index (κ2) is 9.41. The van der Waals surface area contributed by atoms with Crippen molar-refractivity contribution in [2.75, 3.05) is 0 Å². The first-order valence-corrected chi connectivity index (χ1v) is 9.63. The first kappa shape index (κ1) is 23.3. The van der Waals surface area contributed by atoms with E-state index in [-0.39, 0.29) is 23.4 Å². The molecule has 2 aromatic carbocycles. The van der Waals surface area contributed by atoms with Crippen LogP contribution in [-0.2, 0) is 17.4 Å². The zero-order valence-corrected chi connectivity index (χ0v) is 17.0. The number of carbonyl (C=O) groups excluding carboxylic acids is 1. The van der Waals surface area contributed by atoms with E-state index in [4.69, 9.17) is 11.6 Å². The van der Waals surface area contributed by atoms with E-state index in [2.05, 4.69) is 15.5 Å². The minimum Gasteiger partial charge on any atom is -0.479 e. The van der Waals surface area contributed by atoms with Gasteiger partial charge in [-0.25, -0.2) is 4.79 Å². The van der Waals surface area contributed by atoms with Crippen LogP contribution in [0.5, 0.6) is 0 Å². The summed E-state index contributed by atoms with van der Waals surface area (Å²) in [7, 11) is 0. The van der Waals surface area contributed by atoms with Crippen molar-refractivity contribution in [2.45, 2.75) is 24.7 Å². The van der Waals surface area contributed by atoms with Crippen molar-refractivity contribution in [2.24, 2.45) is 0 Å². The van der Waals surface area contributed by atoms with Crippen LogP contribution in [0.4, 0.5) is 13.2 Å². The minimum absolute atomic E-state index is 0.100. The van der Waals surface area contributed by atoms with Crippen LogP contribution in [0.3, 0.4) is 0 Å². The molecule has 0 spiro atoms. The zero-order chi connectivity index (χ0) is 23.5. The molecule has 3 aromatic rings. The van der Waals surface area contributed by atoms with Crippen molar-refractivity contribution in [1.82, 2.24) is 15.5 Å². The van der Waals surface area contributed by atoms with Crippen LogP contribution in [0.15, 0.2) is 54.6 Å². The fourth-order valence-corrected chi connectivity index (χ4v) is 3.30. The summed E-state index contributed by atoms with van der Waals surface area (Å²) in [6.07, 6.45) is -6.68. The molecule has 32 heavy (non-hydrogen) atoms. The molecule has 0 bridgehead atoms. The summed E-state index contributed by atoms with van der Waals surface area (Å²) in [5.74, 6) is -2.42. The topological polar surface area (TPSA) is 115 Å². The lowest BCUT2D eigenvalue weighted by Gasteiger charge is -2.21. The van der Waals surface area contributed by atoms with Gasteiger partial charge in [0.15, 0.2) is 6.10 Å². The number of benzene rings is 2. The van der Waals surface area contributed by atoms with E-state index in [0.29, 0.717) is 10.6 Å². The van der Waals surface area contributed by atoms with Gasteiger partial charge in [-0.15, -0.1) is 0 Å². The molecule has 0 saturated heterocycles. The molecule has 7 nitrogen and oxygen atoms in total. The second-order valence-corrected chi connectivity index (χ2v) is 7.28. The van der Waals surface area contributed by atoms with Crippen LogP contribution in [0.1, 0.15) is 21.6 Å². The van der Waals surface area contributed by atoms with Crippen molar-refractivity contribution in [3.63, 3.8) is 0 Å². The van der Waals surface area contributed by atoms with E-state index < -0.39 is 35.8 Å². The zero-order valence-electron chi connectivity index (χ0n) is 16.2. The van der Waals surface area contributed by atoms with Gasteiger partial charge in [-0.05, 0) is 30.2 Å². The molecule has 1 heterocycles. The van der Waals surface area contributed by atoms with Gasteiger partial charge in [0.1, 0.15) is 5.69 Å². The van der Waals surface area contributed by atoms with Gasteiger partial charge in [-0.3, -0.25) is 9.89 Å². The van der Waals surface area contributed by atoms with E-state index >= 15 is 0 Å². The number of carboxylic acid groups (broad SMARTS) is 1. The molecule has 0 aliphatic heterocycles. The SMILES string of the molecule is O=C(NC(Cc1ccccc1Cl)C(O)C(=O)O)c1cc(-c2ccccc2C(F)(F)F)n[nH]1. The number of H-pyrrole nitrogens is 1. The maximum absolute atomic E-state index is 13.3. The smallest absolute Gasteiger partial charge is 0.417 e. The number of aromatic amines is 1. The van der Waals surface area contributed by atoms with Gasteiger partial charge in [0, 0.05) is 10.6 Å². The predicted molar refractivity (Wildman–Crippen MR) is 109 cm³/mol. The maximum atomic E-state index is 13.3. The summed E-state index contributed by atoms with van der Waals surface area (Å²) in [6, 6.07) is 11.1. The molecule has 0 saturated carbocycles. The Labute approximate surface area is 184 Å². The monoisotopic (exact) mass is 467 g/mol. The van der Waals surface area contributed by atoms with Crippen LogP contribution < -0.4 is 5.32 Å². The van der Waals surface area contributed by atoms with Gasteiger partial charge >= 0.3 is 12.1 Å². The Morgan fingerprint density at radius 3 is 2.44 bits per heavy atom. The van der Waals surface area contributed by atoms with E-state index in [9.17, 15) is 33.0 Å². The summed E-state index contributed by atoms with van der Waals surface area (Å²) in [5.41, 5.74) is -0.989. The highest BCUT2D eigenvalue weighted by atomic mass is 35.5. The molecule has 0 radical (unpaired) electrons. The number of hydrogen-bond acceptors (Lipinski definition) is 4. The van der Waals surface area contributed by atoms with Gasteiger partial charge in [0.05, 0.1) is 17.3 Å². The van der Waals surface area contributed by atoms with Crippen LogP contribution in [0.2, 0.25) is 5.02 Å². The Kier molecular flexibility index (Phi) is 6.85. The van der Waals surface area contributed by atoms with Gasteiger partial charge in [0.25, 0.3) is 5.91 Å². The van der Waals surface area contributed by atoms with Crippen LogP contribution >= 0.6 is 11.6 Å². The third kappa shape index (κ3) is 5.27. The quantitative estimate of drug-likeness (QED) is 0.424. The molecule has 168 valence electrons. The van der Waals surface area contributed by atoms with E-state index in [0.717, 1.165) is 12.1 Å². The molecule has 11 heteroatoms. The Bertz CT molecular complexity index is 1130. The molecular formula is C21H17ClF3N3O4. The molecule has 0 fully saturated rings. The molecular weight excluding hydrogens is 451 g/mol. The number of nitrogens with zero attached hydrogens (tertiary/aromatic N) is 1. The van der Waals surface area contributed by atoms with E-state index in [1.165, 1.54) is 18.2 Å². The Hall–Kier alpha value is -3.37. The number of rotatable bonds is 7. The second-order valence-electron chi connectivity index (χ2n) is 6.87. The highest BCUT2D eigenvalue weighted by Gasteiger charge is 2.34. The van der Waals surface area contributed by atoms with Crippen molar-refractivity contribution >= 4 is 23.5 Å². The van der Waals surface area contributed by atoms with Gasteiger partial charge in [0.2, 0.25) is 0 Å². The van der Waals surface area contributed by atoms with E-state index in [1.54, 1.807) is 24.3 Å². The summed E-state index contributed by atoms with van der Waals surface area (Å²) in [6.45, 7) is 0. The van der Waals surface area contributed by atoms with Gasteiger partial charge in [-0.1, -0.05) is 48.0 Å². The van der Waals surface area contributed by atoms with Crippen LogP contribution in [0, 0.1) is 0 Å². The number of halogens is 4. The molecule has 1 amide bonds. The summed E-state index contributed by atoms with van der Waals surface area (Å²) < 4.78 is 39.8. The standard InChI is InChI=1S/C21H17ClF3N3O4/c22-14-8-4-1-5-11(14)9-16(18(29)20(31)32)26-19(30)17-10-15(27-28-17)12-6-2-3-7-13(12)21(23,24)25/h1-8,10,16,18,29H,9H2,(H,26,30)(H,27,28)(H,31,32). The molecule has 0 aliphatic rings. The summed E-state index contributed by atoms with van der Waals surface area (Å²) >= 11 is 6.08. The normalized spacial score (nSPS) is 13.4. The van der Waals surface area contributed by atoms with Crippen molar-refractivity contribution < 1.29 is 33.0 Å². The van der Waals surface area contributed by atoms with Crippen LogP contribution in [0.25, 0.3) is 11.3 Å². The number of aliphatic hydroxyl groups excluding tert-OH is 1. The average Bonchev–Trinajstić information content (AvgIpc) is 3.24. The van der Waals surface area contributed by atoms with Crippen molar-refractivity contribution in [1.29, 1.82) is 0 Å². The van der Waals surface area contributed by atoms with Gasteiger partial charge < -0.3 is 15.5 Å². The summed E-state index contributed by atoms with van der Waals surface area (Å²) in [4.78, 5) is 23.9. The van der Waals surface area contributed by atoms with Crippen molar-refractivity contribution in [3.8, 4) is 11.3 Å². The molecule has 2 unspecified atom stereocenters. The summed E-state index contributed by atoms with van der Waals surface area (Å²) in [5, 5.41) is 28.0. The number of nitrogens with one attached hydrogen (secondary N) is 2. The third-order valence-corrected chi connectivity index (χ3v) is 5.05. The maximum Gasteiger partial charge on any atom is 0.417 e. The first-order chi connectivity index (χ1) is 15.1. The number of carboxylic acids is 1. The Morgan fingerprint density at radius 2 is 1.78 bits per heavy atom. The Morgan fingerprint density at radius 1 is 1.12 bits per heavy atom. The number of alkyl halides is 3. The highest BCUT2D eigenvalue weighted by molar-refractivity contribution is 6.31. The number of hydrogen-bond donors (Lipinski definition) is 4. The highest BCUT2D eigenvalue weighted by Crippen LogP contribution is 2.36. The van der Waals surface area contributed by atoms with Crippen LogP contribution in [-0.4, -0.2) is 44.4 Å². The molecule has 0 aliphatic carbocycles. The minimum atomic E-state index is -4.62. The fraction of sp³-hybridized carbons (Fsp3) is 0.190. The molecule has 2 atom stereocenters. The lowest BCUT2D eigenvalue weighted by Crippen LogP contribution is -2.48. The fourth-order valence-electron chi connectivity index (χ4n) is 3.09. The number of aliphatic hydroxyl groups is 1. The number of aromatic nitrogens is 2. The van der Waals surface area contributed by atoms with Crippen molar-refractivity contribution in [3.05, 3.63) is 76.4 Å². The van der Waals surface area contributed by atoms with E-state index in [1.807, 2.05) is 0 Å². The third-order valence-electron chi connectivity index (χ3n) is 4.68. The number of amides is 1. The lowest BCUT2D eigenvalue weighted by molar-refractivity contribution is -0.148. The Balaban J connectivity index is 1.85. The molecule has 3 rings (SSSR count). The largest absolute Gasteiger partial charge is 0.479 e. The predicted octanol–water partition coefficient (Wildman–Crippen LogP) is 3.54. The number of aliphatic carboxylic acids is 1. The average molecular weight is 468 g/mol. The lowest BCUT2D eigenvalue weighted by atomic mass is 10.0. The molecule has 1 aromatic heterocycles. The first-order valence-electron chi connectivity index (χ1n) is 9.25.